The van der Waals surface area contributed by atoms with Gasteiger partial charge in [-0.2, -0.15) is 0 Å². The monoisotopic (exact) mass is 498 g/mol. The molecule has 7 heteroatoms. The fourth-order valence-corrected chi connectivity index (χ4v) is 4.40. The van der Waals surface area contributed by atoms with Gasteiger partial charge in [0.15, 0.2) is 11.5 Å². The third-order valence-electron chi connectivity index (χ3n) is 5.80. The summed E-state index contributed by atoms with van der Waals surface area (Å²) in [5.41, 5.74) is 4.74. The van der Waals surface area contributed by atoms with Crippen molar-refractivity contribution in [3.05, 3.63) is 107 Å². The highest BCUT2D eigenvalue weighted by Crippen LogP contribution is 2.38. The molecule has 1 aliphatic heterocycles. The number of halogens is 1. The van der Waals surface area contributed by atoms with Gasteiger partial charge in [-0.15, -0.1) is 0 Å². The third-order valence-corrected chi connectivity index (χ3v) is 6.08. The second-order valence-electron chi connectivity index (χ2n) is 8.16. The average Bonchev–Trinajstić information content (AvgIpc) is 3.17. The molecule has 1 fully saturated rings. The summed E-state index contributed by atoms with van der Waals surface area (Å²) in [5.74, 6) is -0.102. The van der Waals surface area contributed by atoms with Crippen LogP contribution in [-0.2, 0) is 16.2 Å². The molecule has 0 unspecified atom stereocenters. The smallest absolute Gasteiger partial charge is 0.282 e. The molecule has 0 aliphatic carbocycles. The number of carbonyl (C=O) groups excluding carboxylic acids is 2. The van der Waals surface area contributed by atoms with Crippen molar-refractivity contribution in [1.29, 1.82) is 0 Å². The van der Waals surface area contributed by atoms with Gasteiger partial charge in [-0.05, 0) is 59.2 Å². The van der Waals surface area contributed by atoms with Crippen LogP contribution in [0.3, 0.4) is 0 Å². The Morgan fingerprint density at radius 2 is 1.67 bits per heavy atom. The maximum Gasteiger partial charge on any atom is 0.282 e. The number of benzene rings is 4. The molecule has 1 N–H and O–H groups in total. The van der Waals surface area contributed by atoms with Crippen molar-refractivity contribution in [1.82, 2.24) is 5.43 Å². The van der Waals surface area contributed by atoms with Crippen LogP contribution < -0.4 is 19.9 Å². The van der Waals surface area contributed by atoms with E-state index in [2.05, 4.69) is 23.6 Å². The first-order valence-electron chi connectivity index (χ1n) is 11.5. The van der Waals surface area contributed by atoms with E-state index in [1.54, 1.807) is 36.4 Å². The highest BCUT2D eigenvalue weighted by atomic mass is 35.5. The van der Waals surface area contributed by atoms with Gasteiger partial charge >= 0.3 is 0 Å². The number of fused-ring (bicyclic) bond motifs is 1. The Hall–Kier alpha value is -4.29. The second kappa shape index (κ2) is 10.1. The Morgan fingerprint density at radius 3 is 2.47 bits per heavy atom. The summed E-state index contributed by atoms with van der Waals surface area (Å²) >= 11 is 6.61. The average molecular weight is 499 g/mol. The molecule has 2 amide bonds. The van der Waals surface area contributed by atoms with Crippen LogP contribution >= 0.6 is 11.6 Å². The predicted octanol–water partition coefficient (Wildman–Crippen LogP) is 5.93. The zero-order chi connectivity index (χ0) is 25.1. The minimum atomic E-state index is -0.491. The molecule has 36 heavy (non-hydrogen) atoms. The Labute approximate surface area is 213 Å². The zero-order valence-corrected chi connectivity index (χ0v) is 20.3. The third kappa shape index (κ3) is 4.63. The Balaban J connectivity index is 1.43. The van der Waals surface area contributed by atoms with E-state index in [-0.39, 0.29) is 5.57 Å². The van der Waals surface area contributed by atoms with Crippen LogP contribution in [0.1, 0.15) is 18.1 Å². The molecule has 0 atom stereocenters. The van der Waals surface area contributed by atoms with E-state index in [1.165, 1.54) is 11.1 Å². The first-order valence-corrected chi connectivity index (χ1v) is 11.9. The van der Waals surface area contributed by atoms with Crippen molar-refractivity contribution in [2.24, 2.45) is 0 Å². The lowest BCUT2D eigenvalue weighted by Crippen LogP contribution is -2.35. The van der Waals surface area contributed by atoms with Gasteiger partial charge in [0.05, 0.1) is 17.3 Å². The van der Waals surface area contributed by atoms with Gasteiger partial charge < -0.3 is 9.47 Å². The summed E-state index contributed by atoms with van der Waals surface area (Å²) in [6, 6.07) is 26.4. The summed E-state index contributed by atoms with van der Waals surface area (Å²) < 4.78 is 11.9. The summed E-state index contributed by atoms with van der Waals surface area (Å²) in [6.45, 7) is 2.55. The number of hydrogen-bond donors (Lipinski definition) is 1. The molecule has 0 spiro atoms. The van der Waals surface area contributed by atoms with Crippen molar-refractivity contribution >= 4 is 46.0 Å². The molecule has 6 nitrogen and oxygen atoms in total. The standard InChI is InChI=1S/C29H23ClN2O4/c1-2-35-26-17-19(15-24-28(33)31-32(29(24)34)22-12-4-3-5-13-22)16-25(30)27(26)36-18-21-11-8-10-20-9-6-7-14-23(20)21/h3-17H,2,18H2,1H3,(H,31,33). The first kappa shape index (κ1) is 23.5. The van der Waals surface area contributed by atoms with Gasteiger partial charge in [0.25, 0.3) is 11.8 Å². The predicted molar refractivity (Wildman–Crippen MR) is 141 cm³/mol. The van der Waals surface area contributed by atoms with Crippen LogP contribution in [-0.4, -0.2) is 18.4 Å². The van der Waals surface area contributed by atoms with E-state index < -0.39 is 11.8 Å². The van der Waals surface area contributed by atoms with E-state index in [4.69, 9.17) is 21.1 Å². The first-order chi connectivity index (χ1) is 17.5. The van der Waals surface area contributed by atoms with E-state index in [0.29, 0.717) is 41.0 Å². The molecular formula is C29H23ClN2O4. The normalized spacial score (nSPS) is 14.4. The fourth-order valence-electron chi connectivity index (χ4n) is 4.13. The quantitative estimate of drug-likeness (QED) is 0.253. The maximum absolute atomic E-state index is 12.9. The maximum atomic E-state index is 12.9. The van der Waals surface area contributed by atoms with Gasteiger partial charge in [0, 0.05) is 0 Å². The minimum absolute atomic E-state index is 0.00166. The van der Waals surface area contributed by atoms with E-state index in [9.17, 15) is 9.59 Å². The number of carbonyl (C=O) groups is 2. The largest absolute Gasteiger partial charge is 0.490 e. The molecule has 1 heterocycles. The van der Waals surface area contributed by atoms with Crippen LogP contribution in [0.4, 0.5) is 5.69 Å². The van der Waals surface area contributed by atoms with E-state index in [1.807, 2.05) is 37.3 Å². The van der Waals surface area contributed by atoms with Crippen molar-refractivity contribution in [2.75, 3.05) is 11.6 Å². The molecule has 4 aromatic rings. The van der Waals surface area contributed by atoms with Crippen LogP contribution in [0.2, 0.25) is 5.02 Å². The van der Waals surface area contributed by atoms with Gasteiger partial charge in [-0.3, -0.25) is 15.0 Å². The lowest BCUT2D eigenvalue weighted by atomic mass is 10.1. The molecule has 5 rings (SSSR count). The molecule has 1 saturated heterocycles. The molecule has 180 valence electrons. The zero-order valence-electron chi connectivity index (χ0n) is 19.5. The molecule has 0 radical (unpaired) electrons. The number of rotatable bonds is 7. The highest BCUT2D eigenvalue weighted by Gasteiger charge is 2.34. The molecule has 4 aromatic carbocycles. The van der Waals surface area contributed by atoms with Gasteiger partial charge in [-0.25, -0.2) is 5.01 Å². The number of ether oxygens (including phenoxy) is 2. The summed E-state index contributed by atoms with van der Waals surface area (Å²) in [6.07, 6.45) is 1.50. The van der Waals surface area contributed by atoms with Crippen LogP contribution in [0.15, 0.2) is 90.5 Å². The summed E-state index contributed by atoms with van der Waals surface area (Å²) in [5, 5.41) is 3.77. The van der Waals surface area contributed by atoms with Crippen LogP contribution in [0, 0.1) is 0 Å². The highest BCUT2D eigenvalue weighted by molar-refractivity contribution is 6.33. The summed E-state index contributed by atoms with van der Waals surface area (Å²) in [4.78, 5) is 25.5. The van der Waals surface area contributed by atoms with Gasteiger partial charge in [0.2, 0.25) is 0 Å². The van der Waals surface area contributed by atoms with Crippen molar-refractivity contribution in [3.63, 3.8) is 0 Å². The molecule has 1 aliphatic rings. The molecule has 0 saturated carbocycles. The Bertz CT molecular complexity index is 1480. The number of amides is 2. The Kier molecular flexibility index (Phi) is 6.60. The van der Waals surface area contributed by atoms with Crippen LogP contribution in [0.25, 0.3) is 16.8 Å². The number of hydrazine groups is 1. The second-order valence-corrected chi connectivity index (χ2v) is 8.57. The SMILES string of the molecule is CCOc1cc(C=C2C(=O)NN(c3ccccc3)C2=O)cc(Cl)c1OCc1cccc2ccccc12. The topological polar surface area (TPSA) is 67.9 Å². The lowest BCUT2D eigenvalue weighted by Gasteiger charge is -2.15. The molecular weight excluding hydrogens is 476 g/mol. The summed E-state index contributed by atoms with van der Waals surface area (Å²) in [7, 11) is 0. The van der Waals surface area contributed by atoms with E-state index in [0.717, 1.165) is 16.3 Å². The van der Waals surface area contributed by atoms with Gasteiger partial charge in [-0.1, -0.05) is 72.3 Å². The fraction of sp³-hybridized carbons (Fsp3) is 0.103. The number of nitrogens with one attached hydrogen (secondary N) is 1. The number of hydrogen-bond acceptors (Lipinski definition) is 4. The van der Waals surface area contributed by atoms with Crippen molar-refractivity contribution < 1.29 is 19.1 Å². The molecule has 0 bridgehead atoms. The lowest BCUT2D eigenvalue weighted by molar-refractivity contribution is -0.117. The number of anilines is 1. The van der Waals surface area contributed by atoms with Crippen molar-refractivity contribution in [2.45, 2.75) is 13.5 Å². The van der Waals surface area contributed by atoms with Crippen molar-refractivity contribution in [3.8, 4) is 11.5 Å². The van der Waals surface area contributed by atoms with Gasteiger partial charge in [0.1, 0.15) is 12.2 Å². The van der Waals surface area contributed by atoms with Crippen LogP contribution in [0.5, 0.6) is 11.5 Å². The minimum Gasteiger partial charge on any atom is -0.490 e. The Morgan fingerprint density at radius 1 is 0.917 bits per heavy atom. The van der Waals surface area contributed by atoms with E-state index >= 15 is 0 Å². The molecule has 0 aromatic heterocycles. The number of para-hydroxylation sites is 1. The number of nitrogens with zero attached hydrogens (tertiary/aromatic N) is 1.